The molecule has 248 valence electrons. The molecule has 4 aromatic rings. The molecular weight excluding hydrogens is 593 g/mol. The van der Waals surface area contributed by atoms with Crippen LogP contribution >= 0.6 is 0 Å². The van der Waals surface area contributed by atoms with E-state index >= 15 is 0 Å². The first-order valence-electron chi connectivity index (χ1n) is 18.8. The maximum atomic E-state index is 2.48. The molecule has 0 spiro atoms. The molecule has 48 heavy (non-hydrogen) atoms. The fourth-order valence-corrected chi connectivity index (χ4v) is 13.9. The first kappa shape index (κ1) is 33.1. The van der Waals surface area contributed by atoms with Crippen molar-refractivity contribution in [2.75, 3.05) is 0 Å². The minimum Gasteiger partial charge on any atom is -0.0689 e. The molecule has 7 rings (SSSR count). The van der Waals surface area contributed by atoms with E-state index in [1.54, 1.807) is 43.8 Å². The lowest BCUT2D eigenvalue weighted by molar-refractivity contribution is 0.384. The summed E-state index contributed by atoms with van der Waals surface area (Å²) in [4.78, 5) is 0. The minimum atomic E-state index is -1.62. The van der Waals surface area contributed by atoms with Crippen molar-refractivity contribution in [2.24, 2.45) is 5.92 Å². The van der Waals surface area contributed by atoms with Crippen molar-refractivity contribution < 1.29 is 0 Å². The molecule has 3 aliphatic rings. The topological polar surface area (TPSA) is 0 Å². The van der Waals surface area contributed by atoms with Gasteiger partial charge in [-0.25, -0.2) is 0 Å². The third-order valence-electron chi connectivity index (χ3n) is 11.8. The van der Waals surface area contributed by atoms with Gasteiger partial charge in [-0.1, -0.05) is 180 Å². The molecule has 0 unspecified atom stereocenters. The lowest BCUT2D eigenvalue weighted by atomic mass is 9.86. The first-order valence-corrected chi connectivity index (χ1v) is 20.7. The van der Waals surface area contributed by atoms with Crippen LogP contribution in [0.4, 0.5) is 0 Å². The van der Waals surface area contributed by atoms with E-state index in [4.69, 9.17) is 0 Å². The average molecular weight is 649 g/mol. The summed E-state index contributed by atoms with van der Waals surface area (Å²) in [6.07, 6.45) is 9.25. The predicted molar refractivity (Wildman–Crippen MR) is 212 cm³/mol. The number of allylic oxidation sites excluding steroid dienone is 2. The Bertz CT molecular complexity index is 1750. The van der Waals surface area contributed by atoms with E-state index in [1.807, 2.05) is 0 Å². The van der Waals surface area contributed by atoms with Crippen LogP contribution in [-0.4, -0.2) is 8.80 Å². The van der Waals surface area contributed by atoms with Crippen LogP contribution in [0, 0.1) is 5.92 Å². The predicted octanol–water partition coefficient (Wildman–Crippen LogP) is 12.9. The van der Waals surface area contributed by atoms with Crippen LogP contribution in [0.5, 0.6) is 0 Å². The van der Waals surface area contributed by atoms with Crippen LogP contribution in [0.15, 0.2) is 96.1 Å². The van der Waals surface area contributed by atoms with Gasteiger partial charge in [-0.15, -0.1) is 0 Å². The summed E-state index contributed by atoms with van der Waals surface area (Å²) >= 11 is 0. The summed E-state index contributed by atoms with van der Waals surface area (Å²) in [5.41, 5.74) is 18.3. The van der Waals surface area contributed by atoms with Gasteiger partial charge in [-0.3, -0.25) is 0 Å². The van der Waals surface area contributed by atoms with E-state index in [0.29, 0.717) is 0 Å². The zero-order chi connectivity index (χ0) is 33.8. The maximum Gasteiger partial charge on any atom is 0.104 e. The quantitative estimate of drug-likeness (QED) is 0.183. The van der Waals surface area contributed by atoms with Crippen molar-refractivity contribution in [3.05, 3.63) is 129 Å². The van der Waals surface area contributed by atoms with Crippen LogP contribution in [0.2, 0.25) is 6.04 Å². The lowest BCUT2D eigenvalue weighted by Crippen LogP contribution is -2.24. The van der Waals surface area contributed by atoms with Crippen LogP contribution in [0.1, 0.15) is 121 Å². The van der Waals surface area contributed by atoms with Crippen LogP contribution in [0.25, 0.3) is 32.6 Å². The van der Waals surface area contributed by atoms with Gasteiger partial charge in [-0.05, 0) is 105 Å². The Hall–Kier alpha value is -3.42. The van der Waals surface area contributed by atoms with E-state index in [0.717, 1.165) is 18.8 Å². The molecule has 0 aliphatic heterocycles. The van der Waals surface area contributed by atoms with Crippen molar-refractivity contribution in [2.45, 2.75) is 117 Å². The number of fused-ring (bicyclic) bond motifs is 2. The van der Waals surface area contributed by atoms with Gasteiger partial charge >= 0.3 is 0 Å². The smallest absolute Gasteiger partial charge is 0.0689 e. The SMILES string of the molecule is CC1=C([SiH](CC2CCCCC2)C2=C(C)Cc3cccc(-c4ccc(C(C)(C)C)cc4)c32)c2c(cccc2-c2ccc(C(C)(C)C)cc2)C1. The van der Waals surface area contributed by atoms with Gasteiger partial charge in [-0.2, -0.15) is 0 Å². The molecular formula is C47H56Si. The Labute approximate surface area is 293 Å². The zero-order valence-electron chi connectivity index (χ0n) is 30.9. The first-order chi connectivity index (χ1) is 22.9. The number of benzene rings is 4. The van der Waals surface area contributed by atoms with E-state index < -0.39 is 8.80 Å². The van der Waals surface area contributed by atoms with Gasteiger partial charge in [0.2, 0.25) is 0 Å². The van der Waals surface area contributed by atoms with Gasteiger partial charge in [0.25, 0.3) is 0 Å². The second kappa shape index (κ2) is 12.8. The van der Waals surface area contributed by atoms with Gasteiger partial charge in [0, 0.05) is 0 Å². The van der Waals surface area contributed by atoms with Gasteiger partial charge in [0.1, 0.15) is 8.80 Å². The van der Waals surface area contributed by atoms with Crippen molar-refractivity contribution in [1.82, 2.24) is 0 Å². The molecule has 0 saturated heterocycles. The van der Waals surface area contributed by atoms with Gasteiger partial charge < -0.3 is 0 Å². The summed E-state index contributed by atoms with van der Waals surface area (Å²) in [6, 6.07) is 34.8. The van der Waals surface area contributed by atoms with Gasteiger partial charge in [0.05, 0.1) is 0 Å². The zero-order valence-corrected chi connectivity index (χ0v) is 32.0. The fraction of sp³-hybridized carbons (Fsp3) is 0.404. The molecule has 1 saturated carbocycles. The largest absolute Gasteiger partial charge is 0.104 e. The normalized spacial score (nSPS) is 17.0. The highest BCUT2D eigenvalue weighted by atomic mass is 28.3. The molecule has 0 atom stereocenters. The van der Waals surface area contributed by atoms with E-state index in [-0.39, 0.29) is 10.8 Å². The molecule has 0 bridgehead atoms. The molecule has 0 radical (unpaired) electrons. The second-order valence-corrected chi connectivity index (χ2v) is 20.1. The molecule has 0 N–H and O–H groups in total. The lowest BCUT2D eigenvalue weighted by Gasteiger charge is -2.31. The number of hydrogen-bond acceptors (Lipinski definition) is 0. The fourth-order valence-electron chi connectivity index (χ4n) is 9.18. The molecule has 1 fully saturated rings. The average Bonchev–Trinajstić information content (AvgIpc) is 3.58. The number of rotatable bonds is 6. The highest BCUT2D eigenvalue weighted by Crippen LogP contribution is 2.50. The summed E-state index contributed by atoms with van der Waals surface area (Å²) in [5, 5.41) is 3.54. The Morgan fingerprint density at radius 2 is 0.958 bits per heavy atom. The summed E-state index contributed by atoms with van der Waals surface area (Å²) in [7, 11) is -1.62. The molecule has 3 aliphatic carbocycles. The molecule has 0 nitrogen and oxygen atoms in total. The monoisotopic (exact) mass is 648 g/mol. The van der Waals surface area contributed by atoms with E-state index in [2.05, 4.69) is 140 Å². The minimum absolute atomic E-state index is 0.154. The van der Waals surface area contributed by atoms with Crippen molar-refractivity contribution in [3.63, 3.8) is 0 Å². The number of hydrogen-bond donors (Lipinski definition) is 0. The Balaban J connectivity index is 1.38. The molecule has 0 heterocycles. The van der Waals surface area contributed by atoms with Crippen LogP contribution in [-0.2, 0) is 23.7 Å². The second-order valence-electron chi connectivity index (χ2n) is 17.4. The highest BCUT2D eigenvalue weighted by Gasteiger charge is 2.38. The third kappa shape index (κ3) is 6.24. The van der Waals surface area contributed by atoms with Crippen LogP contribution < -0.4 is 0 Å². The maximum absolute atomic E-state index is 2.48. The van der Waals surface area contributed by atoms with E-state index in [1.165, 1.54) is 71.5 Å². The Morgan fingerprint density at radius 3 is 1.35 bits per heavy atom. The molecule has 0 aromatic heterocycles. The third-order valence-corrected chi connectivity index (χ3v) is 15.9. The highest BCUT2D eigenvalue weighted by molar-refractivity contribution is 6.95. The standard InChI is InChI=1S/C47H56Si/c1-31-28-36-16-12-18-40(34-20-24-38(25-21-34)46(3,4)5)42(36)44(31)48(30-33-14-10-9-11-15-33)45-32(2)29-37-17-13-19-41(43(37)45)35-22-26-39(27-23-35)47(6,7)8/h12-13,16-27,33,48H,9-11,14-15,28-30H2,1-8H3. The molecule has 0 amide bonds. The van der Waals surface area contributed by atoms with Gasteiger partial charge in [0.15, 0.2) is 0 Å². The Morgan fingerprint density at radius 1 is 0.542 bits per heavy atom. The van der Waals surface area contributed by atoms with Crippen molar-refractivity contribution in [3.8, 4) is 22.3 Å². The molecule has 1 heteroatoms. The molecule has 4 aromatic carbocycles. The Kier molecular flexibility index (Phi) is 8.82. The summed E-state index contributed by atoms with van der Waals surface area (Å²) in [5.74, 6) is 0.848. The summed E-state index contributed by atoms with van der Waals surface area (Å²) < 4.78 is 0. The van der Waals surface area contributed by atoms with Crippen molar-refractivity contribution >= 4 is 19.2 Å². The summed E-state index contributed by atoms with van der Waals surface area (Å²) in [6.45, 7) is 18.9. The van der Waals surface area contributed by atoms with E-state index in [9.17, 15) is 0 Å². The van der Waals surface area contributed by atoms with Crippen LogP contribution in [0.3, 0.4) is 0 Å². The van der Waals surface area contributed by atoms with Crippen molar-refractivity contribution in [1.29, 1.82) is 0 Å².